The predicted octanol–water partition coefficient (Wildman–Crippen LogP) is 2.03. The molecule has 0 spiro atoms. The molecule has 1 heterocycles. The molecule has 5 heteroatoms. The number of nitrogens with one attached hydrogen (secondary N) is 1. The van der Waals surface area contributed by atoms with Crippen LogP contribution in [0.15, 0.2) is 4.99 Å². The van der Waals surface area contributed by atoms with Gasteiger partial charge in [-0.05, 0) is 31.1 Å². The Labute approximate surface area is 128 Å². The summed E-state index contributed by atoms with van der Waals surface area (Å²) >= 11 is 0. The zero-order chi connectivity index (χ0) is 15.3. The topological polar surface area (TPSA) is 53.9 Å². The van der Waals surface area contributed by atoms with E-state index >= 15 is 0 Å². The zero-order valence-corrected chi connectivity index (χ0v) is 13.7. The summed E-state index contributed by atoms with van der Waals surface area (Å²) in [7, 11) is 3.31. The van der Waals surface area contributed by atoms with Crippen molar-refractivity contribution in [3.05, 3.63) is 0 Å². The molecule has 0 radical (unpaired) electrons. The molecule has 0 atom stereocenters. The first kappa shape index (κ1) is 16.1. The van der Waals surface area contributed by atoms with Gasteiger partial charge in [-0.2, -0.15) is 0 Å². The third-order valence-corrected chi connectivity index (χ3v) is 5.02. The molecule has 5 nitrogen and oxygen atoms in total. The van der Waals surface area contributed by atoms with Crippen molar-refractivity contribution in [2.45, 2.75) is 45.4 Å². The van der Waals surface area contributed by atoms with Gasteiger partial charge in [-0.3, -0.25) is 9.79 Å². The fourth-order valence-electron chi connectivity index (χ4n) is 3.52. The molecule has 2 aliphatic rings. The lowest BCUT2D eigenvalue weighted by Gasteiger charge is -2.34. The molecule has 2 fully saturated rings. The maximum Gasteiger partial charge on any atom is 0.308 e. The second-order valence-corrected chi connectivity index (χ2v) is 6.70. The van der Waals surface area contributed by atoms with E-state index in [1.54, 1.807) is 0 Å². The van der Waals surface area contributed by atoms with Crippen LogP contribution in [0, 0.1) is 11.3 Å². The lowest BCUT2D eigenvalue weighted by atomic mass is 9.89. The summed E-state index contributed by atoms with van der Waals surface area (Å²) < 4.78 is 4.84. The van der Waals surface area contributed by atoms with Gasteiger partial charge < -0.3 is 15.0 Å². The molecule has 0 unspecified atom stereocenters. The summed E-state index contributed by atoms with van der Waals surface area (Å²) in [5.74, 6) is 0.958. The lowest BCUT2D eigenvalue weighted by Crippen LogP contribution is -2.48. The van der Waals surface area contributed by atoms with Crippen molar-refractivity contribution in [1.29, 1.82) is 0 Å². The van der Waals surface area contributed by atoms with Crippen LogP contribution in [0.1, 0.15) is 45.4 Å². The van der Waals surface area contributed by atoms with E-state index < -0.39 is 0 Å². The van der Waals surface area contributed by atoms with Gasteiger partial charge in [0.25, 0.3) is 0 Å². The number of nitrogens with zero attached hydrogens (tertiary/aromatic N) is 2. The Morgan fingerprint density at radius 3 is 2.48 bits per heavy atom. The number of carbonyl (C=O) groups is 1. The molecule has 2 rings (SSSR count). The molecule has 1 saturated heterocycles. The maximum atomic E-state index is 11.6. The summed E-state index contributed by atoms with van der Waals surface area (Å²) in [5.41, 5.74) is 0.417. The summed E-state index contributed by atoms with van der Waals surface area (Å²) in [6.45, 7) is 5.10. The minimum atomic E-state index is -0.0731. The van der Waals surface area contributed by atoms with Crippen LogP contribution < -0.4 is 5.32 Å². The SMILES string of the molecule is CN=C(NCC1(C)CCCC1)N1CCC(C(=O)OC)CC1. The predicted molar refractivity (Wildman–Crippen MR) is 84.2 cm³/mol. The number of likely N-dealkylation sites (tertiary alicyclic amines) is 1. The molecular weight excluding hydrogens is 266 g/mol. The fraction of sp³-hybridized carbons (Fsp3) is 0.875. The van der Waals surface area contributed by atoms with Crippen molar-refractivity contribution in [2.75, 3.05) is 33.8 Å². The van der Waals surface area contributed by atoms with Gasteiger partial charge in [0.1, 0.15) is 0 Å². The Bertz CT molecular complexity index is 381. The number of guanidine groups is 1. The van der Waals surface area contributed by atoms with Crippen LogP contribution in [0.4, 0.5) is 0 Å². The van der Waals surface area contributed by atoms with Crippen molar-refractivity contribution in [3.8, 4) is 0 Å². The van der Waals surface area contributed by atoms with Crippen LogP contribution in [-0.2, 0) is 9.53 Å². The van der Waals surface area contributed by atoms with Crippen molar-refractivity contribution < 1.29 is 9.53 Å². The minimum absolute atomic E-state index is 0.0525. The number of aliphatic imine (C=N–C) groups is 1. The summed E-state index contributed by atoms with van der Waals surface area (Å²) in [4.78, 5) is 18.2. The van der Waals surface area contributed by atoms with E-state index in [4.69, 9.17) is 4.74 Å². The summed E-state index contributed by atoms with van der Waals surface area (Å²) in [6.07, 6.45) is 7.01. The molecule has 0 aromatic rings. The summed E-state index contributed by atoms with van der Waals surface area (Å²) in [6, 6.07) is 0. The van der Waals surface area contributed by atoms with E-state index in [0.717, 1.165) is 38.4 Å². The van der Waals surface area contributed by atoms with Gasteiger partial charge in [-0.25, -0.2) is 0 Å². The van der Waals surface area contributed by atoms with Gasteiger partial charge in [-0.1, -0.05) is 19.8 Å². The Balaban J connectivity index is 1.81. The molecule has 120 valence electrons. The first-order chi connectivity index (χ1) is 10.1. The molecule has 0 aromatic carbocycles. The largest absolute Gasteiger partial charge is 0.469 e. The van der Waals surface area contributed by atoms with E-state index in [9.17, 15) is 4.79 Å². The second-order valence-electron chi connectivity index (χ2n) is 6.70. The van der Waals surface area contributed by atoms with Crippen LogP contribution in [0.2, 0.25) is 0 Å². The third-order valence-electron chi connectivity index (χ3n) is 5.02. The zero-order valence-electron chi connectivity index (χ0n) is 13.7. The molecule has 1 aliphatic carbocycles. The standard InChI is InChI=1S/C16H29N3O2/c1-16(8-4-5-9-16)12-18-15(17-2)19-10-6-13(7-11-19)14(20)21-3/h13H,4-12H2,1-3H3,(H,17,18). The molecule has 0 bridgehead atoms. The first-order valence-corrected chi connectivity index (χ1v) is 8.11. The number of ether oxygens (including phenoxy) is 1. The monoisotopic (exact) mass is 295 g/mol. The highest BCUT2D eigenvalue weighted by Crippen LogP contribution is 2.36. The average molecular weight is 295 g/mol. The van der Waals surface area contributed by atoms with Gasteiger partial charge in [-0.15, -0.1) is 0 Å². The van der Waals surface area contributed by atoms with Crippen LogP contribution in [0.5, 0.6) is 0 Å². The number of methoxy groups -OCH3 is 1. The van der Waals surface area contributed by atoms with E-state index in [1.165, 1.54) is 32.8 Å². The minimum Gasteiger partial charge on any atom is -0.469 e. The van der Waals surface area contributed by atoms with E-state index in [2.05, 4.69) is 22.1 Å². The summed E-state index contributed by atoms with van der Waals surface area (Å²) in [5, 5.41) is 3.54. The Morgan fingerprint density at radius 2 is 1.95 bits per heavy atom. The van der Waals surface area contributed by atoms with Gasteiger partial charge in [0.2, 0.25) is 0 Å². The second kappa shape index (κ2) is 7.14. The molecule has 1 aliphatic heterocycles. The van der Waals surface area contributed by atoms with Crippen molar-refractivity contribution in [1.82, 2.24) is 10.2 Å². The highest BCUT2D eigenvalue weighted by Gasteiger charge is 2.30. The third kappa shape index (κ3) is 4.11. The maximum absolute atomic E-state index is 11.6. The number of esters is 1. The number of hydrogen-bond acceptors (Lipinski definition) is 3. The number of piperidine rings is 1. The van der Waals surface area contributed by atoms with Gasteiger partial charge >= 0.3 is 5.97 Å². The van der Waals surface area contributed by atoms with Crippen LogP contribution in [0.3, 0.4) is 0 Å². The van der Waals surface area contributed by atoms with Crippen LogP contribution in [0.25, 0.3) is 0 Å². The van der Waals surface area contributed by atoms with E-state index in [-0.39, 0.29) is 11.9 Å². The molecule has 1 saturated carbocycles. The van der Waals surface area contributed by atoms with E-state index in [0.29, 0.717) is 5.41 Å². The molecule has 1 N–H and O–H groups in total. The average Bonchev–Trinajstić information content (AvgIpc) is 2.94. The number of hydrogen-bond donors (Lipinski definition) is 1. The molecule has 21 heavy (non-hydrogen) atoms. The molecular formula is C16H29N3O2. The van der Waals surface area contributed by atoms with E-state index in [1.807, 2.05) is 7.05 Å². The highest BCUT2D eigenvalue weighted by atomic mass is 16.5. The Hall–Kier alpha value is -1.26. The van der Waals surface area contributed by atoms with Gasteiger partial charge in [0.05, 0.1) is 13.0 Å². The first-order valence-electron chi connectivity index (χ1n) is 8.11. The number of carbonyl (C=O) groups excluding carboxylic acids is 1. The lowest BCUT2D eigenvalue weighted by molar-refractivity contribution is -0.146. The molecule has 0 aromatic heterocycles. The molecule has 0 amide bonds. The van der Waals surface area contributed by atoms with Crippen LogP contribution >= 0.6 is 0 Å². The van der Waals surface area contributed by atoms with Crippen LogP contribution in [-0.4, -0.2) is 50.6 Å². The van der Waals surface area contributed by atoms with Gasteiger partial charge in [0, 0.05) is 26.7 Å². The Morgan fingerprint density at radius 1 is 1.33 bits per heavy atom. The highest BCUT2D eigenvalue weighted by molar-refractivity contribution is 5.80. The number of rotatable bonds is 3. The van der Waals surface area contributed by atoms with Crippen molar-refractivity contribution >= 4 is 11.9 Å². The Kier molecular flexibility index (Phi) is 5.48. The van der Waals surface area contributed by atoms with Gasteiger partial charge in [0.15, 0.2) is 5.96 Å². The fourth-order valence-corrected chi connectivity index (χ4v) is 3.52. The van der Waals surface area contributed by atoms with Crippen molar-refractivity contribution in [2.24, 2.45) is 16.3 Å². The normalized spacial score (nSPS) is 23.2. The van der Waals surface area contributed by atoms with Crippen molar-refractivity contribution in [3.63, 3.8) is 0 Å². The smallest absolute Gasteiger partial charge is 0.308 e. The quantitative estimate of drug-likeness (QED) is 0.492.